The minimum Gasteiger partial charge on any atom is -0.481 e. The molecule has 27 heavy (non-hydrogen) atoms. The molecule has 0 saturated carbocycles. The molecule has 0 bridgehead atoms. The second kappa shape index (κ2) is 8.60. The van der Waals surface area contributed by atoms with E-state index in [2.05, 4.69) is 5.32 Å². The van der Waals surface area contributed by atoms with Gasteiger partial charge in [0.05, 0.1) is 12.8 Å². The van der Waals surface area contributed by atoms with E-state index in [4.69, 9.17) is 25.5 Å². The summed E-state index contributed by atoms with van der Waals surface area (Å²) >= 11 is 6.16. The van der Waals surface area contributed by atoms with Crippen molar-refractivity contribution in [3.05, 3.63) is 65.6 Å². The summed E-state index contributed by atoms with van der Waals surface area (Å²) in [6.45, 7) is 1.40. The highest BCUT2D eigenvalue weighted by Gasteiger charge is 2.18. The Morgan fingerprint density at radius 1 is 1.11 bits per heavy atom. The molecule has 2 aromatic carbocycles. The van der Waals surface area contributed by atoms with Crippen LogP contribution in [0.3, 0.4) is 0 Å². The van der Waals surface area contributed by atoms with Crippen LogP contribution in [-0.2, 0) is 20.9 Å². The Morgan fingerprint density at radius 2 is 1.89 bits per heavy atom. The topological polar surface area (TPSA) is 77.8 Å². The van der Waals surface area contributed by atoms with Crippen LogP contribution in [0, 0.1) is 0 Å². The standard InChI is InChI=1S/C20H18ClNO5/c1-13(20(24)22-11-14-5-4-10-25-14)27-19(23)12-26-18-9-8-17(21)15-6-2-3-7-16(15)18/h2-10,13H,11-12H2,1H3,(H,22,24)/t13-/m1/s1. The van der Waals surface area contributed by atoms with Gasteiger partial charge in [0, 0.05) is 15.8 Å². The predicted octanol–water partition coefficient (Wildman–Crippen LogP) is 3.71. The number of hydrogen-bond acceptors (Lipinski definition) is 5. The lowest BCUT2D eigenvalue weighted by Gasteiger charge is -2.14. The van der Waals surface area contributed by atoms with Crippen LogP contribution in [-0.4, -0.2) is 24.6 Å². The van der Waals surface area contributed by atoms with Crippen LogP contribution in [0.25, 0.3) is 10.8 Å². The Labute approximate surface area is 161 Å². The van der Waals surface area contributed by atoms with Gasteiger partial charge in [-0.1, -0.05) is 35.9 Å². The molecule has 0 aliphatic carbocycles. The zero-order valence-electron chi connectivity index (χ0n) is 14.6. The average Bonchev–Trinajstić information content (AvgIpc) is 3.19. The monoisotopic (exact) mass is 387 g/mol. The van der Waals surface area contributed by atoms with Gasteiger partial charge in [-0.25, -0.2) is 4.79 Å². The van der Waals surface area contributed by atoms with E-state index in [0.29, 0.717) is 16.5 Å². The van der Waals surface area contributed by atoms with Crippen molar-refractivity contribution in [2.24, 2.45) is 0 Å². The fourth-order valence-corrected chi connectivity index (χ4v) is 2.74. The summed E-state index contributed by atoms with van der Waals surface area (Å²) in [6.07, 6.45) is 0.570. The van der Waals surface area contributed by atoms with Gasteiger partial charge in [-0.2, -0.15) is 0 Å². The van der Waals surface area contributed by atoms with Gasteiger partial charge in [-0.05, 0) is 31.2 Å². The van der Waals surface area contributed by atoms with Crippen molar-refractivity contribution in [2.75, 3.05) is 6.61 Å². The van der Waals surface area contributed by atoms with Crippen LogP contribution in [0.15, 0.2) is 59.2 Å². The lowest BCUT2D eigenvalue weighted by atomic mass is 10.1. The van der Waals surface area contributed by atoms with Gasteiger partial charge in [0.15, 0.2) is 12.7 Å². The van der Waals surface area contributed by atoms with Crippen molar-refractivity contribution in [1.29, 1.82) is 0 Å². The number of carbonyl (C=O) groups is 2. The van der Waals surface area contributed by atoms with Crippen LogP contribution in [0.5, 0.6) is 5.75 Å². The lowest BCUT2D eigenvalue weighted by molar-refractivity contribution is -0.156. The molecule has 1 heterocycles. The van der Waals surface area contributed by atoms with Gasteiger partial charge in [0.2, 0.25) is 0 Å². The highest BCUT2D eigenvalue weighted by Crippen LogP contribution is 2.31. The van der Waals surface area contributed by atoms with E-state index in [1.807, 2.05) is 24.3 Å². The van der Waals surface area contributed by atoms with E-state index in [-0.39, 0.29) is 13.2 Å². The molecule has 0 spiro atoms. The van der Waals surface area contributed by atoms with Gasteiger partial charge in [0.25, 0.3) is 5.91 Å². The highest BCUT2D eigenvalue weighted by molar-refractivity contribution is 6.35. The van der Waals surface area contributed by atoms with Crippen molar-refractivity contribution in [1.82, 2.24) is 5.32 Å². The smallest absolute Gasteiger partial charge is 0.344 e. The van der Waals surface area contributed by atoms with Gasteiger partial charge < -0.3 is 19.2 Å². The summed E-state index contributed by atoms with van der Waals surface area (Å²) in [7, 11) is 0. The predicted molar refractivity (Wildman–Crippen MR) is 101 cm³/mol. The fourth-order valence-electron chi connectivity index (χ4n) is 2.51. The van der Waals surface area contributed by atoms with E-state index in [9.17, 15) is 9.59 Å². The van der Waals surface area contributed by atoms with Crippen LogP contribution >= 0.6 is 11.6 Å². The molecule has 6 nitrogen and oxygen atoms in total. The number of amides is 1. The van der Waals surface area contributed by atoms with Crippen molar-refractivity contribution >= 4 is 34.2 Å². The second-order valence-electron chi connectivity index (χ2n) is 5.81. The Balaban J connectivity index is 1.52. The molecule has 1 atom stereocenters. The number of ether oxygens (including phenoxy) is 2. The summed E-state index contributed by atoms with van der Waals surface area (Å²) in [4.78, 5) is 24.0. The molecule has 3 rings (SSSR count). The van der Waals surface area contributed by atoms with E-state index in [0.717, 1.165) is 10.8 Å². The largest absolute Gasteiger partial charge is 0.481 e. The second-order valence-corrected chi connectivity index (χ2v) is 6.22. The van der Waals surface area contributed by atoms with E-state index >= 15 is 0 Å². The summed E-state index contributed by atoms with van der Waals surface area (Å²) in [6, 6.07) is 14.3. The minimum absolute atomic E-state index is 0.223. The molecule has 7 heteroatoms. The molecule has 3 aromatic rings. The molecule has 0 aliphatic heterocycles. The van der Waals surface area contributed by atoms with E-state index in [1.54, 1.807) is 24.3 Å². The lowest BCUT2D eigenvalue weighted by Crippen LogP contribution is -2.36. The zero-order chi connectivity index (χ0) is 19.2. The molecule has 140 valence electrons. The summed E-state index contributed by atoms with van der Waals surface area (Å²) < 4.78 is 15.8. The quantitative estimate of drug-likeness (QED) is 0.625. The first-order valence-electron chi connectivity index (χ1n) is 8.34. The van der Waals surface area contributed by atoms with Crippen LogP contribution < -0.4 is 10.1 Å². The molecule has 1 N–H and O–H groups in total. The van der Waals surface area contributed by atoms with Gasteiger partial charge in [-0.3, -0.25) is 4.79 Å². The number of rotatable bonds is 7. The zero-order valence-corrected chi connectivity index (χ0v) is 15.4. The number of hydrogen-bond donors (Lipinski definition) is 1. The number of carbonyl (C=O) groups excluding carboxylic acids is 2. The third kappa shape index (κ3) is 4.80. The SMILES string of the molecule is C[C@@H](OC(=O)COc1ccc(Cl)c2ccccc12)C(=O)NCc1ccco1. The maximum atomic E-state index is 12.0. The molecule has 0 fully saturated rings. The normalized spacial score (nSPS) is 11.8. The molecular formula is C20H18ClNO5. The number of furan rings is 1. The third-order valence-corrected chi connectivity index (χ3v) is 4.20. The molecule has 0 radical (unpaired) electrons. The van der Waals surface area contributed by atoms with Crippen molar-refractivity contribution < 1.29 is 23.5 Å². The molecule has 0 aliphatic rings. The number of nitrogens with one attached hydrogen (secondary N) is 1. The third-order valence-electron chi connectivity index (χ3n) is 3.87. The number of benzene rings is 2. The summed E-state index contributed by atoms with van der Waals surface area (Å²) in [5.41, 5.74) is 0. The molecule has 1 aromatic heterocycles. The maximum absolute atomic E-state index is 12.0. The first-order valence-corrected chi connectivity index (χ1v) is 8.72. The number of esters is 1. The van der Waals surface area contributed by atoms with Crippen molar-refractivity contribution in [3.8, 4) is 5.75 Å². The van der Waals surface area contributed by atoms with E-state index < -0.39 is 18.0 Å². The Kier molecular flexibility index (Phi) is 5.98. The maximum Gasteiger partial charge on any atom is 0.344 e. The minimum atomic E-state index is -0.946. The number of halogens is 1. The van der Waals surface area contributed by atoms with E-state index in [1.165, 1.54) is 13.2 Å². The fraction of sp³-hybridized carbons (Fsp3) is 0.200. The summed E-state index contributed by atoms with van der Waals surface area (Å²) in [5.74, 6) is 0.0630. The Bertz CT molecular complexity index is 939. The van der Waals surface area contributed by atoms with Crippen LogP contribution in [0.2, 0.25) is 5.02 Å². The van der Waals surface area contributed by atoms with Crippen molar-refractivity contribution in [2.45, 2.75) is 19.6 Å². The van der Waals surface area contributed by atoms with Gasteiger partial charge in [-0.15, -0.1) is 0 Å². The first-order chi connectivity index (χ1) is 13.0. The average molecular weight is 388 g/mol. The van der Waals surface area contributed by atoms with Gasteiger partial charge in [0.1, 0.15) is 11.5 Å². The summed E-state index contributed by atoms with van der Waals surface area (Å²) in [5, 5.41) is 4.85. The first kappa shape index (κ1) is 18.8. The van der Waals surface area contributed by atoms with Gasteiger partial charge >= 0.3 is 5.97 Å². The van der Waals surface area contributed by atoms with Crippen molar-refractivity contribution in [3.63, 3.8) is 0 Å². The number of fused-ring (bicyclic) bond motifs is 1. The Hall–Kier alpha value is -2.99. The molecule has 0 unspecified atom stereocenters. The molecule has 1 amide bonds. The van der Waals surface area contributed by atoms with Crippen LogP contribution in [0.1, 0.15) is 12.7 Å². The highest BCUT2D eigenvalue weighted by atomic mass is 35.5. The van der Waals surface area contributed by atoms with Crippen LogP contribution in [0.4, 0.5) is 0 Å². The molecular weight excluding hydrogens is 370 g/mol. The Morgan fingerprint density at radius 3 is 2.63 bits per heavy atom. The molecule has 0 saturated heterocycles.